The minimum absolute atomic E-state index is 0.963. The molecule has 0 aromatic heterocycles. The van der Waals surface area contributed by atoms with Crippen LogP contribution in [0.25, 0.3) is 0 Å². The van der Waals surface area contributed by atoms with Crippen molar-refractivity contribution in [1.82, 2.24) is 0 Å². The van der Waals surface area contributed by atoms with E-state index in [1.54, 1.807) is 0 Å². The summed E-state index contributed by atoms with van der Waals surface area (Å²) in [6.45, 7) is 0. The van der Waals surface area contributed by atoms with E-state index in [0.717, 1.165) is 6.42 Å². The van der Waals surface area contributed by atoms with Crippen molar-refractivity contribution in [2.75, 3.05) is 0 Å². The van der Waals surface area contributed by atoms with Crippen LogP contribution in [0.3, 0.4) is 0 Å². The number of allylic oxidation sites excluding steroid dienone is 6. The van der Waals surface area contributed by atoms with E-state index in [0.29, 0.717) is 0 Å². The Morgan fingerprint density at radius 1 is 0.833 bits per heavy atom. The lowest BCUT2D eigenvalue weighted by Crippen LogP contribution is -1.75. The van der Waals surface area contributed by atoms with Crippen LogP contribution in [0.15, 0.2) is 30.4 Å². The van der Waals surface area contributed by atoms with Crippen LogP contribution in [0, 0.1) is 6.08 Å². The van der Waals surface area contributed by atoms with Gasteiger partial charge in [0.05, 0.1) is 0 Å². The normalized spacial score (nSPS) is 28.0. The van der Waals surface area contributed by atoms with Crippen LogP contribution in [0.5, 0.6) is 0 Å². The Morgan fingerprint density at radius 2 is 1.67 bits per heavy atom. The molecule has 65 valence electrons. The van der Waals surface area contributed by atoms with Crippen molar-refractivity contribution in [2.45, 2.75) is 38.5 Å². The molecule has 1 aliphatic rings. The molecule has 0 unspecified atom stereocenters. The Bertz CT molecular complexity index is 172. The van der Waals surface area contributed by atoms with Crippen molar-refractivity contribution < 1.29 is 0 Å². The topological polar surface area (TPSA) is 0 Å². The van der Waals surface area contributed by atoms with Crippen LogP contribution in [0.4, 0.5) is 0 Å². The van der Waals surface area contributed by atoms with E-state index in [2.05, 4.69) is 36.5 Å². The highest BCUT2D eigenvalue weighted by Crippen LogP contribution is 2.05. The van der Waals surface area contributed by atoms with Gasteiger partial charge in [-0.05, 0) is 38.2 Å². The molecule has 1 rings (SSSR count). The predicted molar refractivity (Wildman–Crippen MR) is 53.8 cm³/mol. The van der Waals surface area contributed by atoms with E-state index >= 15 is 0 Å². The average Bonchev–Trinajstić information content (AvgIpc) is 2.05. The van der Waals surface area contributed by atoms with Gasteiger partial charge < -0.3 is 0 Å². The molecule has 1 radical (unpaired) electrons. The van der Waals surface area contributed by atoms with Gasteiger partial charge in [0.2, 0.25) is 0 Å². The Labute approximate surface area is 75.7 Å². The highest BCUT2D eigenvalue weighted by Gasteiger charge is 1.86. The van der Waals surface area contributed by atoms with E-state index in [1.807, 2.05) is 0 Å². The average molecular weight is 161 g/mol. The second-order valence-corrected chi connectivity index (χ2v) is 3.11. The van der Waals surface area contributed by atoms with Crippen LogP contribution < -0.4 is 0 Å². The van der Waals surface area contributed by atoms with Gasteiger partial charge in [0.25, 0.3) is 0 Å². The summed E-state index contributed by atoms with van der Waals surface area (Å²) in [5.74, 6) is 0. The lowest BCUT2D eigenvalue weighted by atomic mass is 10.1. The van der Waals surface area contributed by atoms with Crippen molar-refractivity contribution in [3.05, 3.63) is 36.5 Å². The molecule has 0 nitrogen and oxygen atoms in total. The Morgan fingerprint density at radius 3 is 2.67 bits per heavy atom. The van der Waals surface area contributed by atoms with Gasteiger partial charge in [-0.15, -0.1) is 0 Å². The lowest BCUT2D eigenvalue weighted by Gasteiger charge is -1.95. The molecule has 0 aromatic rings. The second kappa shape index (κ2) is 6.90. The van der Waals surface area contributed by atoms with E-state index in [-0.39, 0.29) is 0 Å². The highest BCUT2D eigenvalue weighted by molar-refractivity contribution is 5.03. The molecular formula is C12H17. The zero-order valence-electron chi connectivity index (χ0n) is 7.63. The molecule has 0 aliphatic heterocycles. The van der Waals surface area contributed by atoms with Crippen molar-refractivity contribution in [2.24, 2.45) is 0 Å². The maximum Gasteiger partial charge on any atom is -0.00948 e. The van der Waals surface area contributed by atoms with Gasteiger partial charge in [-0.2, -0.15) is 0 Å². The van der Waals surface area contributed by atoms with Crippen molar-refractivity contribution >= 4 is 0 Å². The third-order valence-electron chi connectivity index (χ3n) is 1.98. The number of hydrogen-bond donors (Lipinski definition) is 0. The largest absolute Gasteiger partial charge is 0.0845 e. The standard InChI is InChI=1S/C12H17/c1-2-4-6-8-10-12-11-9-7-5-3-1/h1-4,10H,5-7,9,11-12H2/b3-1+,4-2-,10-8?. The molecule has 0 heteroatoms. The molecule has 0 bridgehead atoms. The summed E-state index contributed by atoms with van der Waals surface area (Å²) in [6, 6.07) is 0. The minimum Gasteiger partial charge on any atom is -0.0845 e. The summed E-state index contributed by atoms with van der Waals surface area (Å²) in [6.07, 6.45) is 21.5. The summed E-state index contributed by atoms with van der Waals surface area (Å²) in [4.78, 5) is 0. The molecule has 0 saturated heterocycles. The summed E-state index contributed by atoms with van der Waals surface area (Å²) < 4.78 is 0. The SMILES string of the molecule is [C]1=C\CCCCC/C=C/C=C\C/1. The molecule has 0 atom stereocenters. The number of rotatable bonds is 0. The van der Waals surface area contributed by atoms with Crippen LogP contribution in [-0.2, 0) is 0 Å². The molecule has 1 aliphatic carbocycles. The van der Waals surface area contributed by atoms with Crippen LogP contribution >= 0.6 is 0 Å². The van der Waals surface area contributed by atoms with Gasteiger partial charge in [0, 0.05) is 0 Å². The monoisotopic (exact) mass is 161 g/mol. The van der Waals surface area contributed by atoms with Gasteiger partial charge in [-0.25, -0.2) is 0 Å². The highest BCUT2D eigenvalue weighted by atomic mass is 13.9. The number of hydrogen-bond acceptors (Lipinski definition) is 0. The summed E-state index contributed by atoms with van der Waals surface area (Å²) in [5, 5.41) is 0. The van der Waals surface area contributed by atoms with Gasteiger partial charge >= 0.3 is 0 Å². The van der Waals surface area contributed by atoms with Crippen LogP contribution in [-0.4, -0.2) is 0 Å². The second-order valence-electron chi connectivity index (χ2n) is 3.11. The summed E-state index contributed by atoms with van der Waals surface area (Å²) in [7, 11) is 0. The molecule has 0 heterocycles. The third kappa shape index (κ3) is 4.95. The Hall–Kier alpha value is -0.780. The molecular weight excluding hydrogens is 144 g/mol. The Balaban J connectivity index is 2.31. The molecule has 0 amide bonds. The third-order valence-corrected chi connectivity index (χ3v) is 1.98. The zero-order chi connectivity index (χ0) is 8.49. The maximum absolute atomic E-state index is 3.26. The fraction of sp³-hybridized carbons (Fsp3) is 0.500. The minimum atomic E-state index is 0.963. The first-order valence-electron chi connectivity index (χ1n) is 4.87. The summed E-state index contributed by atoms with van der Waals surface area (Å²) >= 11 is 0. The van der Waals surface area contributed by atoms with E-state index in [4.69, 9.17) is 0 Å². The molecule has 0 fully saturated rings. The first-order chi connectivity index (χ1) is 6.00. The van der Waals surface area contributed by atoms with Gasteiger partial charge in [0.15, 0.2) is 0 Å². The molecule has 0 aromatic carbocycles. The predicted octanol–water partition coefficient (Wildman–Crippen LogP) is 3.81. The van der Waals surface area contributed by atoms with Gasteiger partial charge in [0.1, 0.15) is 0 Å². The van der Waals surface area contributed by atoms with Crippen molar-refractivity contribution in [1.29, 1.82) is 0 Å². The zero-order valence-corrected chi connectivity index (χ0v) is 7.63. The lowest BCUT2D eigenvalue weighted by molar-refractivity contribution is 0.695. The molecule has 0 N–H and O–H groups in total. The first kappa shape index (κ1) is 9.31. The van der Waals surface area contributed by atoms with Crippen LogP contribution in [0.2, 0.25) is 0 Å². The molecule has 12 heavy (non-hydrogen) atoms. The maximum atomic E-state index is 3.26. The van der Waals surface area contributed by atoms with E-state index < -0.39 is 0 Å². The fourth-order valence-corrected chi connectivity index (χ4v) is 1.26. The smallest absolute Gasteiger partial charge is 0.00948 e. The molecule has 0 spiro atoms. The molecule has 0 saturated carbocycles. The Kier molecular flexibility index (Phi) is 5.35. The first-order valence-corrected chi connectivity index (χ1v) is 4.87. The van der Waals surface area contributed by atoms with Gasteiger partial charge in [-0.3, -0.25) is 0 Å². The van der Waals surface area contributed by atoms with Crippen molar-refractivity contribution in [3.63, 3.8) is 0 Å². The summed E-state index contributed by atoms with van der Waals surface area (Å²) in [5.41, 5.74) is 0. The van der Waals surface area contributed by atoms with Gasteiger partial charge in [-0.1, -0.05) is 36.8 Å². The quantitative estimate of drug-likeness (QED) is 0.506. The fourth-order valence-electron chi connectivity index (χ4n) is 1.26. The van der Waals surface area contributed by atoms with Crippen molar-refractivity contribution in [3.8, 4) is 0 Å². The van der Waals surface area contributed by atoms with E-state index in [1.165, 1.54) is 32.1 Å². The van der Waals surface area contributed by atoms with E-state index in [9.17, 15) is 0 Å². The van der Waals surface area contributed by atoms with Crippen LogP contribution in [0.1, 0.15) is 38.5 Å².